The lowest BCUT2D eigenvalue weighted by molar-refractivity contribution is 1.11. The van der Waals surface area contributed by atoms with Gasteiger partial charge in [0.05, 0.1) is 10.4 Å². The molecule has 3 N–H and O–H groups in total. The molecule has 0 unspecified atom stereocenters. The standard InChI is InChI=1S/C9H6ClN5/c10-5-1-4-2-6-7(11)14-15-9(6)13-8(4)12-3-5/h1-3H,(H3,11,12,13,14,15). The van der Waals surface area contributed by atoms with Gasteiger partial charge in [-0.15, -0.1) is 0 Å². The number of rotatable bonds is 0. The van der Waals surface area contributed by atoms with Gasteiger partial charge < -0.3 is 5.73 Å². The van der Waals surface area contributed by atoms with Crippen LogP contribution in [0.1, 0.15) is 0 Å². The Morgan fingerprint density at radius 2 is 2.13 bits per heavy atom. The number of hydrogen-bond acceptors (Lipinski definition) is 4. The molecule has 5 nitrogen and oxygen atoms in total. The topological polar surface area (TPSA) is 80.5 Å². The minimum atomic E-state index is 0.499. The Labute approximate surface area is 89.3 Å². The van der Waals surface area contributed by atoms with E-state index >= 15 is 0 Å². The molecule has 0 saturated carbocycles. The van der Waals surface area contributed by atoms with Crippen molar-refractivity contribution in [2.75, 3.05) is 5.73 Å². The molecule has 0 aliphatic rings. The van der Waals surface area contributed by atoms with Crippen molar-refractivity contribution in [3.05, 3.63) is 23.4 Å². The van der Waals surface area contributed by atoms with Crippen molar-refractivity contribution in [1.29, 1.82) is 0 Å². The van der Waals surface area contributed by atoms with Gasteiger partial charge >= 0.3 is 0 Å². The molecule has 0 aliphatic carbocycles. The number of halogens is 1. The maximum Gasteiger partial charge on any atom is 0.185 e. The summed E-state index contributed by atoms with van der Waals surface area (Å²) in [6.07, 6.45) is 1.55. The normalized spacial score (nSPS) is 11.3. The molecule has 0 radical (unpaired) electrons. The van der Waals surface area contributed by atoms with Crippen molar-refractivity contribution in [2.45, 2.75) is 0 Å². The van der Waals surface area contributed by atoms with E-state index in [1.165, 1.54) is 0 Å². The molecule has 0 fully saturated rings. The first-order valence-corrected chi connectivity index (χ1v) is 4.68. The molecule has 0 spiro atoms. The summed E-state index contributed by atoms with van der Waals surface area (Å²) in [5.74, 6) is 0.499. The van der Waals surface area contributed by atoms with E-state index in [4.69, 9.17) is 17.3 Å². The van der Waals surface area contributed by atoms with Crippen molar-refractivity contribution < 1.29 is 0 Å². The number of nitrogen functional groups attached to an aromatic ring is 1. The number of nitrogens with one attached hydrogen (secondary N) is 1. The fourth-order valence-electron chi connectivity index (χ4n) is 1.48. The predicted molar refractivity (Wildman–Crippen MR) is 58.6 cm³/mol. The maximum absolute atomic E-state index is 5.84. The van der Waals surface area contributed by atoms with Crippen molar-refractivity contribution in [3.8, 4) is 0 Å². The summed E-state index contributed by atoms with van der Waals surface area (Å²) in [6.45, 7) is 0. The summed E-state index contributed by atoms with van der Waals surface area (Å²) in [7, 11) is 0. The molecular formula is C9H6ClN5. The molecule has 0 aromatic carbocycles. The highest BCUT2D eigenvalue weighted by Gasteiger charge is 2.06. The molecule has 3 aromatic heterocycles. The van der Waals surface area contributed by atoms with Gasteiger partial charge in [-0.2, -0.15) is 5.10 Å². The molecule has 6 heteroatoms. The molecule has 0 atom stereocenters. The van der Waals surface area contributed by atoms with Gasteiger partial charge in [-0.25, -0.2) is 9.97 Å². The third kappa shape index (κ3) is 1.20. The second-order valence-corrected chi connectivity index (χ2v) is 3.63. The van der Waals surface area contributed by atoms with E-state index in [1.807, 2.05) is 6.07 Å². The van der Waals surface area contributed by atoms with E-state index in [-0.39, 0.29) is 0 Å². The number of fused-ring (bicyclic) bond motifs is 2. The van der Waals surface area contributed by atoms with Crippen LogP contribution in [-0.4, -0.2) is 20.2 Å². The predicted octanol–water partition coefficient (Wildman–Crippen LogP) is 1.74. The van der Waals surface area contributed by atoms with Crippen LogP contribution in [-0.2, 0) is 0 Å². The number of nitrogens with zero attached hydrogens (tertiary/aromatic N) is 3. The second kappa shape index (κ2) is 2.80. The Bertz CT molecular complexity index is 660. The zero-order valence-corrected chi connectivity index (χ0v) is 8.28. The highest BCUT2D eigenvalue weighted by molar-refractivity contribution is 6.31. The van der Waals surface area contributed by atoms with E-state index in [0.717, 1.165) is 10.8 Å². The zero-order chi connectivity index (χ0) is 10.4. The maximum atomic E-state index is 5.84. The first kappa shape index (κ1) is 8.43. The summed E-state index contributed by atoms with van der Waals surface area (Å²) >= 11 is 5.84. The highest BCUT2D eigenvalue weighted by Crippen LogP contribution is 2.22. The van der Waals surface area contributed by atoms with E-state index in [2.05, 4.69) is 20.2 Å². The van der Waals surface area contributed by atoms with Crippen LogP contribution in [0.2, 0.25) is 5.02 Å². The van der Waals surface area contributed by atoms with Crippen molar-refractivity contribution in [2.24, 2.45) is 0 Å². The first-order chi connectivity index (χ1) is 7.24. The Hall–Kier alpha value is -1.88. The minimum absolute atomic E-state index is 0.499. The number of hydrogen-bond donors (Lipinski definition) is 2. The summed E-state index contributed by atoms with van der Waals surface area (Å²) in [4.78, 5) is 8.35. The molecular weight excluding hydrogens is 214 g/mol. The number of aromatic amines is 1. The summed E-state index contributed by atoms with van der Waals surface area (Å²) in [6, 6.07) is 3.66. The van der Waals surface area contributed by atoms with Gasteiger partial charge in [-0.3, -0.25) is 5.10 Å². The van der Waals surface area contributed by atoms with E-state index in [1.54, 1.807) is 12.3 Å². The van der Waals surface area contributed by atoms with Gasteiger partial charge in [0.1, 0.15) is 5.82 Å². The molecule has 3 heterocycles. The van der Waals surface area contributed by atoms with Gasteiger partial charge in [0.2, 0.25) is 0 Å². The number of aromatic nitrogens is 4. The fourth-order valence-corrected chi connectivity index (χ4v) is 1.65. The van der Waals surface area contributed by atoms with E-state index in [0.29, 0.717) is 22.1 Å². The minimum Gasteiger partial charge on any atom is -0.384 e. The lowest BCUT2D eigenvalue weighted by Gasteiger charge is -1.96. The van der Waals surface area contributed by atoms with Crippen LogP contribution in [0, 0.1) is 0 Å². The van der Waals surface area contributed by atoms with Crippen molar-refractivity contribution >= 4 is 39.5 Å². The zero-order valence-electron chi connectivity index (χ0n) is 7.53. The molecule has 15 heavy (non-hydrogen) atoms. The van der Waals surface area contributed by atoms with Crippen LogP contribution in [0.15, 0.2) is 18.3 Å². The molecule has 3 rings (SSSR count). The quantitative estimate of drug-likeness (QED) is 0.604. The van der Waals surface area contributed by atoms with Crippen LogP contribution in [0.5, 0.6) is 0 Å². The molecule has 0 aliphatic heterocycles. The summed E-state index contributed by atoms with van der Waals surface area (Å²) < 4.78 is 0. The number of pyridine rings is 2. The van der Waals surface area contributed by atoms with Gasteiger partial charge in [-0.1, -0.05) is 11.6 Å². The largest absolute Gasteiger partial charge is 0.384 e. The summed E-state index contributed by atoms with van der Waals surface area (Å²) in [5, 5.41) is 8.84. The van der Waals surface area contributed by atoms with Crippen LogP contribution in [0.25, 0.3) is 22.1 Å². The molecule has 0 amide bonds. The van der Waals surface area contributed by atoms with E-state index in [9.17, 15) is 0 Å². The SMILES string of the molecule is Nc1[nH]nc2nc3ncc(Cl)cc3cc12. The van der Waals surface area contributed by atoms with Crippen LogP contribution >= 0.6 is 11.6 Å². The average molecular weight is 220 g/mol. The number of nitrogens with two attached hydrogens (primary N) is 1. The Morgan fingerprint density at radius 1 is 1.27 bits per heavy atom. The average Bonchev–Trinajstić information content (AvgIpc) is 2.57. The Balaban J connectivity index is 2.50. The Morgan fingerprint density at radius 3 is 3.00 bits per heavy atom. The lowest BCUT2D eigenvalue weighted by Crippen LogP contribution is -1.86. The van der Waals surface area contributed by atoms with E-state index < -0.39 is 0 Å². The van der Waals surface area contributed by atoms with Crippen molar-refractivity contribution in [3.63, 3.8) is 0 Å². The fraction of sp³-hybridized carbons (Fsp3) is 0. The van der Waals surface area contributed by atoms with Gasteiger partial charge in [0, 0.05) is 11.6 Å². The van der Waals surface area contributed by atoms with Gasteiger partial charge in [0.25, 0.3) is 0 Å². The van der Waals surface area contributed by atoms with Gasteiger partial charge in [-0.05, 0) is 12.1 Å². The van der Waals surface area contributed by atoms with Gasteiger partial charge in [0.15, 0.2) is 11.3 Å². The molecule has 0 saturated heterocycles. The Kier molecular flexibility index (Phi) is 1.58. The number of anilines is 1. The highest BCUT2D eigenvalue weighted by atomic mass is 35.5. The molecule has 0 bridgehead atoms. The van der Waals surface area contributed by atoms with Crippen LogP contribution < -0.4 is 5.73 Å². The lowest BCUT2D eigenvalue weighted by atomic mass is 10.2. The number of H-pyrrole nitrogens is 1. The second-order valence-electron chi connectivity index (χ2n) is 3.20. The molecule has 74 valence electrons. The van der Waals surface area contributed by atoms with Crippen LogP contribution in [0.3, 0.4) is 0 Å². The van der Waals surface area contributed by atoms with Crippen molar-refractivity contribution in [1.82, 2.24) is 20.2 Å². The smallest absolute Gasteiger partial charge is 0.185 e. The summed E-state index contributed by atoms with van der Waals surface area (Å²) in [5.41, 5.74) is 6.87. The third-order valence-corrected chi connectivity index (χ3v) is 2.39. The molecule has 3 aromatic rings. The first-order valence-electron chi connectivity index (χ1n) is 4.30. The monoisotopic (exact) mass is 219 g/mol. The third-order valence-electron chi connectivity index (χ3n) is 2.19. The van der Waals surface area contributed by atoms with Crippen LogP contribution in [0.4, 0.5) is 5.82 Å².